The number of aromatic carboxylic acids is 1. The van der Waals surface area contributed by atoms with Crippen LogP contribution in [0.1, 0.15) is 62.5 Å². The van der Waals surface area contributed by atoms with E-state index < -0.39 is 33.9 Å². The summed E-state index contributed by atoms with van der Waals surface area (Å²) in [6, 6.07) is 12.7. The Kier molecular flexibility index (Phi) is 9.96. The monoisotopic (exact) mass is 623 g/mol. The summed E-state index contributed by atoms with van der Waals surface area (Å²) in [5.41, 5.74) is 6.31. The Hall–Kier alpha value is -4.82. The maximum absolute atomic E-state index is 13.4. The first-order valence-electron chi connectivity index (χ1n) is 13.7. The van der Waals surface area contributed by atoms with Crippen LogP contribution in [-0.2, 0) is 14.3 Å². The summed E-state index contributed by atoms with van der Waals surface area (Å²) in [6.45, 7) is -0.230. The van der Waals surface area contributed by atoms with E-state index >= 15 is 0 Å². The summed E-state index contributed by atoms with van der Waals surface area (Å²) in [7, 11) is -2.36. The minimum absolute atomic E-state index is 0.0176. The number of anilines is 1. The third-order valence-electron chi connectivity index (χ3n) is 7.30. The fourth-order valence-corrected chi connectivity index (χ4v) is 5.46. The van der Waals surface area contributed by atoms with Crippen molar-refractivity contribution in [2.24, 2.45) is 11.7 Å². The van der Waals surface area contributed by atoms with Gasteiger partial charge in [-0.1, -0.05) is 18.9 Å². The van der Waals surface area contributed by atoms with E-state index in [1.807, 2.05) is 0 Å². The summed E-state index contributed by atoms with van der Waals surface area (Å²) in [4.78, 5) is 43.3. The third-order valence-corrected chi connectivity index (χ3v) is 7.86. The average Bonchev–Trinajstić information content (AvgIpc) is 3.53. The van der Waals surface area contributed by atoms with Gasteiger partial charge in [-0.05, 0) is 66.8 Å². The average molecular weight is 624 g/mol. The van der Waals surface area contributed by atoms with Crippen molar-refractivity contribution in [3.05, 3.63) is 77.0 Å². The van der Waals surface area contributed by atoms with Gasteiger partial charge in [-0.25, -0.2) is 9.78 Å². The maximum atomic E-state index is 13.4. The predicted molar refractivity (Wildman–Crippen MR) is 163 cm³/mol. The molecule has 0 aliphatic heterocycles. The van der Waals surface area contributed by atoms with Gasteiger partial charge in [0.25, 0.3) is 21.9 Å². The number of benzene rings is 2. The number of rotatable bonds is 12. The number of nitrogens with zero attached hydrogens (tertiary/aromatic N) is 1. The lowest BCUT2D eigenvalue weighted by atomic mass is 9.95. The molecule has 1 aliphatic carbocycles. The van der Waals surface area contributed by atoms with E-state index in [4.69, 9.17) is 20.1 Å². The lowest BCUT2D eigenvalue weighted by Gasteiger charge is -2.24. The molecule has 1 unspecified atom stereocenters. The van der Waals surface area contributed by atoms with Gasteiger partial charge in [0.1, 0.15) is 11.5 Å². The number of pyridine rings is 1. The number of ether oxygens (including phenoxy) is 1. The van der Waals surface area contributed by atoms with Crippen molar-refractivity contribution < 1.29 is 36.8 Å². The van der Waals surface area contributed by atoms with Gasteiger partial charge < -0.3 is 26.2 Å². The minimum atomic E-state index is -3.74. The van der Waals surface area contributed by atoms with Crippen molar-refractivity contribution in [1.29, 1.82) is 5.41 Å². The van der Waals surface area contributed by atoms with Gasteiger partial charge in [0, 0.05) is 28.4 Å². The van der Waals surface area contributed by atoms with Crippen LogP contribution < -0.4 is 21.1 Å². The number of hydrogen-bond acceptors (Lipinski definition) is 9. The number of carboxylic acids is 1. The normalized spacial score (nSPS) is 14.0. The summed E-state index contributed by atoms with van der Waals surface area (Å²) < 4.78 is 33.4. The molecule has 232 valence electrons. The van der Waals surface area contributed by atoms with Crippen LogP contribution in [0.2, 0.25) is 0 Å². The Morgan fingerprint density at radius 1 is 1.02 bits per heavy atom. The zero-order chi connectivity index (χ0) is 32.0. The molecule has 2 aromatic carbocycles. The number of carbonyl (C=O) groups is 3. The van der Waals surface area contributed by atoms with Gasteiger partial charge in [-0.3, -0.25) is 19.2 Å². The highest BCUT2D eigenvalue weighted by molar-refractivity contribution is 7.85. The van der Waals surface area contributed by atoms with E-state index in [1.165, 1.54) is 37.4 Å². The van der Waals surface area contributed by atoms with Crippen molar-refractivity contribution in [3.8, 4) is 17.0 Å². The number of carbonyl (C=O) groups excluding carboxylic acids is 2. The summed E-state index contributed by atoms with van der Waals surface area (Å²) in [5, 5.41) is 23.2. The fourth-order valence-electron chi connectivity index (χ4n) is 5.07. The molecule has 1 fully saturated rings. The summed E-state index contributed by atoms with van der Waals surface area (Å²) in [6.07, 6.45) is 4.43. The molecular formula is C30H33N5O8S. The number of nitrogen functional groups attached to an aromatic ring is 1. The number of nitrogens with one attached hydrogen (secondary N) is 3. The number of carboxylic acid groups (broad SMARTS) is 1. The van der Waals surface area contributed by atoms with E-state index in [0.717, 1.165) is 31.9 Å². The highest BCUT2D eigenvalue weighted by Crippen LogP contribution is 2.31. The van der Waals surface area contributed by atoms with Crippen LogP contribution in [0.5, 0.6) is 5.88 Å². The Bertz CT molecular complexity index is 1690. The molecule has 0 spiro atoms. The second-order valence-electron chi connectivity index (χ2n) is 10.4. The number of hydrogen-bond donors (Lipinski definition) is 5. The van der Waals surface area contributed by atoms with Gasteiger partial charge in [-0.15, -0.1) is 0 Å². The number of nitrogens with two attached hydrogens (primary N) is 1. The Morgan fingerprint density at radius 2 is 1.66 bits per heavy atom. The summed E-state index contributed by atoms with van der Waals surface area (Å²) >= 11 is 0. The molecule has 1 aliphatic rings. The Balaban J connectivity index is 1.65. The van der Waals surface area contributed by atoms with Gasteiger partial charge >= 0.3 is 5.97 Å². The molecule has 2 amide bonds. The van der Waals surface area contributed by atoms with Crippen molar-refractivity contribution in [3.63, 3.8) is 0 Å². The van der Waals surface area contributed by atoms with Crippen LogP contribution >= 0.6 is 0 Å². The first-order valence-corrected chi connectivity index (χ1v) is 15.5. The van der Waals surface area contributed by atoms with Crippen molar-refractivity contribution in [2.45, 2.75) is 31.7 Å². The van der Waals surface area contributed by atoms with Gasteiger partial charge in [-0.2, -0.15) is 8.42 Å². The number of aromatic nitrogens is 1. The Morgan fingerprint density at radius 3 is 2.25 bits per heavy atom. The largest absolute Gasteiger partial charge is 0.481 e. The van der Waals surface area contributed by atoms with Gasteiger partial charge in [0.05, 0.1) is 31.6 Å². The van der Waals surface area contributed by atoms with Gasteiger partial charge in [0.2, 0.25) is 5.88 Å². The van der Waals surface area contributed by atoms with E-state index in [1.54, 1.807) is 24.3 Å². The molecule has 4 rings (SSSR count). The highest BCUT2D eigenvalue weighted by Gasteiger charge is 2.29. The first kappa shape index (κ1) is 32.1. The van der Waals surface area contributed by atoms with Crippen LogP contribution in [0.3, 0.4) is 0 Å². The highest BCUT2D eigenvalue weighted by atomic mass is 32.2. The van der Waals surface area contributed by atoms with Crippen molar-refractivity contribution in [1.82, 2.24) is 10.3 Å². The third kappa shape index (κ3) is 7.96. The molecule has 6 N–H and O–H groups in total. The lowest BCUT2D eigenvalue weighted by Crippen LogP contribution is -2.43. The first-order chi connectivity index (χ1) is 20.9. The van der Waals surface area contributed by atoms with Crippen LogP contribution in [0, 0.1) is 11.3 Å². The molecule has 1 saturated carbocycles. The summed E-state index contributed by atoms with van der Waals surface area (Å²) in [5.74, 6) is -2.58. The van der Waals surface area contributed by atoms with Crippen LogP contribution in [0.15, 0.2) is 54.6 Å². The second kappa shape index (κ2) is 13.7. The minimum Gasteiger partial charge on any atom is -0.481 e. The number of amidine groups is 1. The van der Waals surface area contributed by atoms with E-state index in [2.05, 4.69) is 15.6 Å². The number of methoxy groups -OCH3 is 1. The molecular weight excluding hydrogens is 590 g/mol. The Labute approximate surface area is 254 Å². The SMILES string of the molecule is COc1ccc(-c2ccc(C(=O)NC(COS(C)(=O)=O)C3CCCC3)cc2C(=O)O)c(C(=O)Nc2ccc(C(=N)N)cc2)n1. The number of amides is 2. The van der Waals surface area contributed by atoms with E-state index in [-0.39, 0.29) is 52.2 Å². The zero-order valence-electron chi connectivity index (χ0n) is 24.1. The van der Waals surface area contributed by atoms with Gasteiger partial charge in [0.15, 0.2) is 0 Å². The predicted octanol–water partition coefficient (Wildman–Crippen LogP) is 3.26. The van der Waals surface area contributed by atoms with Crippen molar-refractivity contribution in [2.75, 3.05) is 25.3 Å². The van der Waals surface area contributed by atoms with Crippen LogP contribution in [0.25, 0.3) is 11.1 Å². The smallest absolute Gasteiger partial charge is 0.336 e. The fraction of sp³-hybridized carbons (Fsp3) is 0.300. The molecule has 0 radical (unpaired) electrons. The van der Waals surface area contributed by atoms with Crippen molar-refractivity contribution >= 4 is 39.4 Å². The molecule has 14 heteroatoms. The van der Waals surface area contributed by atoms with Crippen LogP contribution in [0.4, 0.5) is 5.69 Å². The molecule has 0 bridgehead atoms. The van der Waals surface area contributed by atoms with Crippen LogP contribution in [-0.4, -0.2) is 68.1 Å². The molecule has 3 aromatic rings. The maximum Gasteiger partial charge on any atom is 0.336 e. The molecule has 0 saturated heterocycles. The zero-order valence-corrected chi connectivity index (χ0v) is 24.9. The lowest BCUT2D eigenvalue weighted by molar-refractivity contribution is 0.0697. The molecule has 1 aromatic heterocycles. The molecule has 1 heterocycles. The quantitative estimate of drug-likeness (QED) is 0.113. The second-order valence-corrected chi connectivity index (χ2v) is 12.0. The molecule has 44 heavy (non-hydrogen) atoms. The topological polar surface area (TPSA) is 211 Å². The molecule has 13 nitrogen and oxygen atoms in total. The van der Waals surface area contributed by atoms with E-state index in [9.17, 15) is 27.9 Å². The standard InChI is InChI=1S/C30H33N5O8S/c1-42-25-14-13-22(26(35-25)29(37)33-20-10-7-18(8-11-20)27(31)32)21-12-9-19(15-23(21)30(38)39)28(36)34-24(16-43-44(2,40)41)17-5-3-4-6-17/h7-15,17,24H,3-6,16H2,1-2H3,(H3,31,32)(H,33,37)(H,34,36)(H,38,39). The molecule has 1 atom stereocenters. The van der Waals surface area contributed by atoms with E-state index in [0.29, 0.717) is 11.3 Å².